The molecule has 1 aliphatic rings. The first kappa shape index (κ1) is 14.2. The Kier molecular flexibility index (Phi) is 3.87. The standard InChI is InChI=1S/C13H15FN2O4/c1-2-5-15(8-3-4-8)11-6-9(13(17)18)10(14)7-12(11)16(19)20/h6-8H,2-5H2,1H3,(H,17,18). The summed E-state index contributed by atoms with van der Waals surface area (Å²) in [6.07, 6.45) is 2.60. The second-order valence-corrected chi connectivity index (χ2v) is 4.81. The topological polar surface area (TPSA) is 83.7 Å². The van der Waals surface area contributed by atoms with Gasteiger partial charge in [0.25, 0.3) is 5.69 Å². The van der Waals surface area contributed by atoms with Crippen molar-refractivity contribution < 1.29 is 19.2 Å². The second kappa shape index (κ2) is 5.44. The van der Waals surface area contributed by atoms with E-state index in [2.05, 4.69) is 0 Å². The van der Waals surface area contributed by atoms with Gasteiger partial charge in [-0.2, -0.15) is 0 Å². The van der Waals surface area contributed by atoms with Crippen molar-refractivity contribution in [3.63, 3.8) is 0 Å². The van der Waals surface area contributed by atoms with Crippen LogP contribution in [-0.4, -0.2) is 28.6 Å². The molecule has 0 atom stereocenters. The first-order valence-electron chi connectivity index (χ1n) is 6.43. The normalized spacial score (nSPS) is 14.1. The van der Waals surface area contributed by atoms with Crippen LogP contribution in [0.15, 0.2) is 12.1 Å². The SMILES string of the molecule is CCCN(c1cc(C(=O)O)c(F)cc1[N+](=O)[O-])C1CC1. The number of nitro benzene ring substituents is 1. The van der Waals surface area contributed by atoms with E-state index in [1.54, 1.807) is 0 Å². The number of nitrogens with zero attached hydrogens (tertiary/aromatic N) is 2. The highest BCUT2D eigenvalue weighted by Gasteiger charge is 2.34. The van der Waals surface area contributed by atoms with E-state index >= 15 is 0 Å². The molecule has 0 radical (unpaired) electrons. The summed E-state index contributed by atoms with van der Waals surface area (Å²) in [6.45, 7) is 2.51. The van der Waals surface area contributed by atoms with Crippen molar-refractivity contribution in [1.29, 1.82) is 0 Å². The first-order chi connectivity index (χ1) is 9.45. The number of carboxylic acids is 1. The molecule has 20 heavy (non-hydrogen) atoms. The molecule has 1 aromatic rings. The molecule has 1 N–H and O–H groups in total. The van der Waals surface area contributed by atoms with Gasteiger partial charge in [-0.1, -0.05) is 6.92 Å². The third-order valence-electron chi connectivity index (χ3n) is 3.25. The van der Waals surface area contributed by atoms with E-state index in [1.807, 2.05) is 11.8 Å². The van der Waals surface area contributed by atoms with Crippen LogP contribution in [-0.2, 0) is 0 Å². The quantitative estimate of drug-likeness (QED) is 0.640. The number of hydrogen-bond donors (Lipinski definition) is 1. The highest BCUT2D eigenvalue weighted by molar-refractivity contribution is 5.90. The van der Waals surface area contributed by atoms with Gasteiger partial charge >= 0.3 is 5.97 Å². The third-order valence-corrected chi connectivity index (χ3v) is 3.25. The summed E-state index contributed by atoms with van der Waals surface area (Å²) in [5, 5.41) is 20.0. The van der Waals surface area contributed by atoms with Gasteiger partial charge in [0.15, 0.2) is 0 Å². The van der Waals surface area contributed by atoms with Gasteiger partial charge in [-0.15, -0.1) is 0 Å². The summed E-state index contributed by atoms with van der Waals surface area (Å²) in [7, 11) is 0. The van der Waals surface area contributed by atoms with Gasteiger partial charge in [0.05, 0.1) is 16.6 Å². The molecule has 1 aromatic carbocycles. The average molecular weight is 282 g/mol. The Balaban J connectivity index is 2.54. The van der Waals surface area contributed by atoms with Crippen LogP contribution in [0, 0.1) is 15.9 Å². The molecule has 0 saturated heterocycles. The predicted octanol–water partition coefficient (Wildman–Crippen LogP) is 2.81. The van der Waals surface area contributed by atoms with Crippen molar-refractivity contribution in [2.24, 2.45) is 0 Å². The van der Waals surface area contributed by atoms with Crippen molar-refractivity contribution in [2.45, 2.75) is 32.2 Å². The number of anilines is 1. The molecule has 6 nitrogen and oxygen atoms in total. The summed E-state index contributed by atoms with van der Waals surface area (Å²) < 4.78 is 13.6. The zero-order chi connectivity index (χ0) is 14.9. The van der Waals surface area contributed by atoms with Gasteiger partial charge in [0, 0.05) is 12.6 Å². The molecule has 108 valence electrons. The van der Waals surface area contributed by atoms with E-state index in [0.29, 0.717) is 12.6 Å². The number of hydrogen-bond acceptors (Lipinski definition) is 4. The van der Waals surface area contributed by atoms with Crippen LogP contribution in [0.4, 0.5) is 15.8 Å². The first-order valence-corrected chi connectivity index (χ1v) is 6.43. The van der Waals surface area contributed by atoms with Crippen molar-refractivity contribution in [1.82, 2.24) is 0 Å². The van der Waals surface area contributed by atoms with Crippen molar-refractivity contribution in [2.75, 3.05) is 11.4 Å². The lowest BCUT2D eigenvalue weighted by molar-refractivity contribution is -0.384. The minimum absolute atomic E-state index is 0.181. The molecular weight excluding hydrogens is 267 g/mol. The van der Waals surface area contributed by atoms with Crippen LogP contribution < -0.4 is 4.90 Å². The molecule has 0 aromatic heterocycles. The lowest BCUT2D eigenvalue weighted by atomic mass is 10.1. The number of carbonyl (C=O) groups is 1. The largest absolute Gasteiger partial charge is 0.478 e. The van der Waals surface area contributed by atoms with E-state index in [1.165, 1.54) is 0 Å². The van der Waals surface area contributed by atoms with Crippen LogP contribution in [0.25, 0.3) is 0 Å². The Morgan fingerprint density at radius 1 is 1.55 bits per heavy atom. The number of nitro groups is 1. The van der Waals surface area contributed by atoms with Crippen molar-refractivity contribution >= 4 is 17.3 Å². The van der Waals surface area contributed by atoms with Gasteiger partial charge in [0.2, 0.25) is 0 Å². The number of aromatic carboxylic acids is 1. The Bertz CT molecular complexity index is 558. The molecule has 1 fully saturated rings. The maximum atomic E-state index is 13.6. The monoisotopic (exact) mass is 282 g/mol. The molecule has 0 bridgehead atoms. The molecule has 0 unspecified atom stereocenters. The summed E-state index contributed by atoms with van der Waals surface area (Å²) in [4.78, 5) is 23.2. The van der Waals surface area contributed by atoms with Crippen LogP contribution in [0.1, 0.15) is 36.5 Å². The molecule has 0 amide bonds. The van der Waals surface area contributed by atoms with Crippen molar-refractivity contribution in [3.05, 3.63) is 33.6 Å². The predicted molar refractivity (Wildman–Crippen MR) is 70.7 cm³/mol. The smallest absolute Gasteiger partial charge is 0.338 e. The molecule has 0 aliphatic heterocycles. The zero-order valence-electron chi connectivity index (χ0n) is 11.0. The average Bonchev–Trinajstić information content (AvgIpc) is 3.19. The van der Waals surface area contributed by atoms with Gasteiger partial charge < -0.3 is 10.0 Å². The molecular formula is C13H15FN2O4. The van der Waals surface area contributed by atoms with Crippen LogP contribution in [0.5, 0.6) is 0 Å². The number of halogens is 1. The van der Waals surface area contributed by atoms with E-state index in [-0.39, 0.29) is 17.4 Å². The fourth-order valence-electron chi connectivity index (χ4n) is 2.22. The van der Waals surface area contributed by atoms with Gasteiger partial charge in [-0.3, -0.25) is 10.1 Å². The molecule has 1 saturated carbocycles. The fraction of sp³-hybridized carbons (Fsp3) is 0.462. The maximum Gasteiger partial charge on any atom is 0.338 e. The lowest BCUT2D eigenvalue weighted by Gasteiger charge is -2.24. The van der Waals surface area contributed by atoms with Crippen LogP contribution >= 0.6 is 0 Å². The van der Waals surface area contributed by atoms with E-state index in [0.717, 1.165) is 25.3 Å². The second-order valence-electron chi connectivity index (χ2n) is 4.81. The zero-order valence-corrected chi connectivity index (χ0v) is 11.0. The van der Waals surface area contributed by atoms with Crippen molar-refractivity contribution in [3.8, 4) is 0 Å². The third kappa shape index (κ3) is 2.71. The van der Waals surface area contributed by atoms with Crippen LogP contribution in [0.3, 0.4) is 0 Å². The Hall–Kier alpha value is -2.18. The van der Waals surface area contributed by atoms with E-state index < -0.39 is 22.3 Å². The fourth-order valence-corrected chi connectivity index (χ4v) is 2.22. The highest BCUT2D eigenvalue weighted by Crippen LogP contribution is 2.38. The minimum atomic E-state index is -1.43. The summed E-state index contributed by atoms with van der Waals surface area (Å²) in [5.41, 5.74) is -0.724. The Labute approximate surface area is 115 Å². The molecule has 0 heterocycles. The lowest BCUT2D eigenvalue weighted by Crippen LogP contribution is -2.27. The van der Waals surface area contributed by atoms with E-state index in [4.69, 9.17) is 5.11 Å². The minimum Gasteiger partial charge on any atom is -0.478 e. The Morgan fingerprint density at radius 3 is 2.65 bits per heavy atom. The highest BCUT2D eigenvalue weighted by atomic mass is 19.1. The van der Waals surface area contributed by atoms with Gasteiger partial charge in [-0.25, -0.2) is 9.18 Å². The molecule has 2 rings (SSSR count). The van der Waals surface area contributed by atoms with Crippen LogP contribution in [0.2, 0.25) is 0 Å². The van der Waals surface area contributed by atoms with E-state index in [9.17, 15) is 19.3 Å². The molecule has 1 aliphatic carbocycles. The summed E-state index contributed by atoms with van der Waals surface area (Å²) in [5.74, 6) is -2.51. The van der Waals surface area contributed by atoms with Gasteiger partial charge in [0.1, 0.15) is 11.5 Å². The molecule has 7 heteroatoms. The van der Waals surface area contributed by atoms with Gasteiger partial charge in [-0.05, 0) is 25.3 Å². The summed E-state index contributed by atoms with van der Waals surface area (Å²) in [6, 6.07) is 1.95. The number of carboxylic acid groups (broad SMARTS) is 1. The Morgan fingerprint density at radius 2 is 2.20 bits per heavy atom. The number of rotatable bonds is 6. The molecule has 0 spiro atoms. The summed E-state index contributed by atoms with van der Waals surface area (Å²) >= 11 is 0. The maximum absolute atomic E-state index is 13.6. The number of benzene rings is 1.